The molecule has 164 valence electrons. The molecule has 3 rings (SSSR count). The molecule has 1 amide bonds. The van der Waals surface area contributed by atoms with Gasteiger partial charge >= 0.3 is 0 Å². The van der Waals surface area contributed by atoms with Crippen molar-refractivity contribution in [3.05, 3.63) is 24.1 Å². The van der Waals surface area contributed by atoms with E-state index < -0.39 is 5.82 Å². The number of H-pyrrole nitrogens is 1. The number of carboxylic acid groups (broad SMARTS) is 1. The average Bonchev–Trinajstić information content (AvgIpc) is 3.09. The molecule has 10 heteroatoms. The number of aromatic amines is 1. The number of halogens is 1. The molecule has 2 aromatic rings. The standard InChI is InChI=1S/C19H26FN5O2.CH2O2/c1-13(12-25-8-4-3-5-9-25)10-15(26)22-19-17(20)18(23-24-19)14-6-7-16(27-2)21-11-14;2-1-3/h6-7,11,13H,3-5,8-10,12H2,1-2H3,(H2,22,23,24,26);1H,(H,2,3). The van der Waals surface area contributed by atoms with Crippen molar-refractivity contribution in [1.82, 2.24) is 20.1 Å². The van der Waals surface area contributed by atoms with Crippen LogP contribution in [-0.4, -0.2) is 64.3 Å². The van der Waals surface area contributed by atoms with Crippen LogP contribution in [0.5, 0.6) is 5.88 Å². The summed E-state index contributed by atoms with van der Waals surface area (Å²) < 4.78 is 19.6. The Morgan fingerprint density at radius 3 is 2.70 bits per heavy atom. The number of carbonyl (C=O) groups is 2. The minimum Gasteiger partial charge on any atom is -0.483 e. The molecule has 1 unspecified atom stereocenters. The second kappa shape index (κ2) is 11.9. The highest BCUT2D eigenvalue weighted by Crippen LogP contribution is 2.25. The van der Waals surface area contributed by atoms with E-state index in [1.807, 2.05) is 6.92 Å². The Bertz CT molecular complexity index is 806. The molecule has 0 bridgehead atoms. The molecule has 0 aliphatic carbocycles. The highest BCUT2D eigenvalue weighted by Gasteiger charge is 2.20. The van der Waals surface area contributed by atoms with Gasteiger partial charge in [-0.1, -0.05) is 13.3 Å². The minimum atomic E-state index is -0.598. The molecule has 0 spiro atoms. The molecule has 1 fully saturated rings. The van der Waals surface area contributed by atoms with Crippen LogP contribution in [0, 0.1) is 11.7 Å². The summed E-state index contributed by atoms with van der Waals surface area (Å²) in [5, 5.41) is 16.0. The van der Waals surface area contributed by atoms with Crippen LogP contribution in [0.3, 0.4) is 0 Å². The van der Waals surface area contributed by atoms with E-state index in [1.165, 1.54) is 32.6 Å². The fourth-order valence-corrected chi connectivity index (χ4v) is 3.40. The van der Waals surface area contributed by atoms with Crippen molar-refractivity contribution < 1.29 is 23.8 Å². The molecule has 1 aliphatic heterocycles. The van der Waals surface area contributed by atoms with Crippen molar-refractivity contribution in [1.29, 1.82) is 0 Å². The number of carbonyl (C=O) groups excluding carboxylic acids is 1. The van der Waals surface area contributed by atoms with Crippen LogP contribution in [0.15, 0.2) is 18.3 Å². The molecule has 0 radical (unpaired) electrons. The summed E-state index contributed by atoms with van der Waals surface area (Å²) in [6.07, 6.45) is 5.56. The normalized spacial score (nSPS) is 14.9. The van der Waals surface area contributed by atoms with Gasteiger partial charge in [0.15, 0.2) is 11.6 Å². The third-order valence-corrected chi connectivity index (χ3v) is 4.75. The molecular weight excluding hydrogens is 393 g/mol. The molecule has 3 heterocycles. The molecule has 0 saturated carbocycles. The van der Waals surface area contributed by atoms with E-state index >= 15 is 0 Å². The van der Waals surface area contributed by atoms with Gasteiger partial charge in [0.1, 0.15) is 5.69 Å². The number of aromatic nitrogens is 3. The van der Waals surface area contributed by atoms with E-state index in [2.05, 4.69) is 25.4 Å². The Balaban J connectivity index is 0.00000101. The lowest BCUT2D eigenvalue weighted by atomic mass is 10.0. The summed E-state index contributed by atoms with van der Waals surface area (Å²) in [7, 11) is 1.51. The van der Waals surface area contributed by atoms with Crippen molar-refractivity contribution in [2.45, 2.75) is 32.6 Å². The molecule has 1 saturated heterocycles. The second-order valence-corrected chi connectivity index (χ2v) is 7.17. The first-order chi connectivity index (χ1) is 14.5. The van der Waals surface area contributed by atoms with Crippen molar-refractivity contribution in [2.24, 2.45) is 5.92 Å². The van der Waals surface area contributed by atoms with Gasteiger partial charge in [-0.25, -0.2) is 9.37 Å². The predicted octanol–water partition coefficient (Wildman–Crippen LogP) is 2.77. The van der Waals surface area contributed by atoms with E-state index in [0.717, 1.165) is 19.6 Å². The third-order valence-electron chi connectivity index (χ3n) is 4.75. The van der Waals surface area contributed by atoms with Crippen molar-refractivity contribution in [3.8, 4) is 17.1 Å². The first-order valence-corrected chi connectivity index (χ1v) is 9.82. The number of nitrogens with one attached hydrogen (secondary N) is 2. The van der Waals surface area contributed by atoms with Crippen LogP contribution in [0.4, 0.5) is 10.2 Å². The maximum absolute atomic E-state index is 14.6. The first-order valence-electron chi connectivity index (χ1n) is 9.82. The molecule has 1 aliphatic rings. The molecule has 1 atom stereocenters. The van der Waals surface area contributed by atoms with Gasteiger partial charge in [0.2, 0.25) is 11.8 Å². The van der Waals surface area contributed by atoms with Crippen LogP contribution in [0.25, 0.3) is 11.3 Å². The Morgan fingerprint density at radius 2 is 2.10 bits per heavy atom. The Morgan fingerprint density at radius 1 is 1.40 bits per heavy atom. The molecule has 0 aromatic carbocycles. The SMILES string of the molecule is COc1ccc(-c2[nH]nc(NC(=O)CC(C)CN3CCCCC3)c2F)cn1.O=CO. The van der Waals surface area contributed by atoms with Gasteiger partial charge in [0.05, 0.1) is 7.11 Å². The van der Waals surface area contributed by atoms with E-state index in [4.69, 9.17) is 14.6 Å². The van der Waals surface area contributed by atoms with Gasteiger partial charge in [-0.3, -0.25) is 14.7 Å². The van der Waals surface area contributed by atoms with Gasteiger partial charge in [0.25, 0.3) is 6.47 Å². The van der Waals surface area contributed by atoms with Crippen LogP contribution >= 0.6 is 0 Å². The maximum Gasteiger partial charge on any atom is 0.290 e. The number of amides is 1. The number of hydrogen-bond donors (Lipinski definition) is 3. The number of piperidine rings is 1. The van der Waals surface area contributed by atoms with E-state index in [-0.39, 0.29) is 29.8 Å². The van der Waals surface area contributed by atoms with Gasteiger partial charge in [-0.05, 0) is 37.9 Å². The summed E-state index contributed by atoms with van der Waals surface area (Å²) >= 11 is 0. The predicted molar refractivity (Wildman–Crippen MR) is 110 cm³/mol. The van der Waals surface area contributed by atoms with Crippen molar-refractivity contribution >= 4 is 18.2 Å². The van der Waals surface area contributed by atoms with Gasteiger partial charge in [-0.2, -0.15) is 5.10 Å². The largest absolute Gasteiger partial charge is 0.483 e. The molecule has 2 aromatic heterocycles. The molecule has 3 N–H and O–H groups in total. The third kappa shape index (κ3) is 6.80. The Hall–Kier alpha value is -3.01. The number of pyridine rings is 1. The summed E-state index contributed by atoms with van der Waals surface area (Å²) in [6, 6.07) is 3.31. The van der Waals surface area contributed by atoms with Gasteiger partial charge in [0, 0.05) is 30.8 Å². The molecule has 9 nitrogen and oxygen atoms in total. The molecule has 30 heavy (non-hydrogen) atoms. The second-order valence-electron chi connectivity index (χ2n) is 7.17. The number of likely N-dealkylation sites (tertiary alicyclic amines) is 1. The zero-order valence-corrected chi connectivity index (χ0v) is 17.2. The van der Waals surface area contributed by atoms with E-state index in [0.29, 0.717) is 17.9 Å². The maximum atomic E-state index is 14.6. The molecular formula is C20H28FN5O4. The first kappa shape index (κ1) is 23.3. The monoisotopic (exact) mass is 421 g/mol. The number of anilines is 1. The summed E-state index contributed by atoms with van der Waals surface area (Å²) in [5.41, 5.74) is 0.710. The van der Waals surface area contributed by atoms with Gasteiger partial charge in [-0.15, -0.1) is 0 Å². The summed E-state index contributed by atoms with van der Waals surface area (Å²) in [5.74, 6) is -0.274. The van der Waals surface area contributed by atoms with Crippen LogP contribution in [-0.2, 0) is 9.59 Å². The van der Waals surface area contributed by atoms with Crippen molar-refractivity contribution in [2.75, 3.05) is 32.1 Å². The van der Waals surface area contributed by atoms with E-state index in [1.54, 1.807) is 12.1 Å². The lowest BCUT2D eigenvalue weighted by Crippen LogP contribution is -2.34. The zero-order valence-electron chi connectivity index (χ0n) is 17.2. The minimum absolute atomic E-state index is 0.0870. The van der Waals surface area contributed by atoms with Crippen LogP contribution < -0.4 is 10.1 Å². The topological polar surface area (TPSA) is 120 Å². The highest BCUT2D eigenvalue weighted by atomic mass is 19.1. The summed E-state index contributed by atoms with van der Waals surface area (Å²) in [4.78, 5) is 27.1. The number of nitrogens with zero attached hydrogens (tertiary/aromatic N) is 3. The average molecular weight is 421 g/mol. The highest BCUT2D eigenvalue weighted by molar-refractivity contribution is 5.90. The number of ether oxygens (including phenoxy) is 1. The lowest BCUT2D eigenvalue weighted by molar-refractivity contribution is -0.123. The smallest absolute Gasteiger partial charge is 0.290 e. The number of methoxy groups -OCH3 is 1. The van der Waals surface area contributed by atoms with E-state index in [9.17, 15) is 9.18 Å². The Labute approximate surface area is 174 Å². The fourth-order valence-electron chi connectivity index (χ4n) is 3.40. The van der Waals surface area contributed by atoms with Crippen LogP contribution in [0.2, 0.25) is 0 Å². The van der Waals surface area contributed by atoms with Gasteiger partial charge < -0.3 is 20.1 Å². The Kier molecular flexibility index (Phi) is 9.20. The van der Waals surface area contributed by atoms with Crippen molar-refractivity contribution in [3.63, 3.8) is 0 Å². The summed E-state index contributed by atoms with van der Waals surface area (Å²) in [6.45, 7) is 4.88. The number of rotatable bonds is 7. The van der Waals surface area contributed by atoms with Crippen LogP contribution in [0.1, 0.15) is 32.6 Å². The fraction of sp³-hybridized carbons (Fsp3) is 0.500. The lowest BCUT2D eigenvalue weighted by Gasteiger charge is -2.28. The number of hydrogen-bond acceptors (Lipinski definition) is 6. The zero-order chi connectivity index (χ0) is 21.9. The quantitative estimate of drug-likeness (QED) is 0.588.